The van der Waals surface area contributed by atoms with Crippen molar-refractivity contribution in [1.82, 2.24) is 10.2 Å². The minimum atomic E-state index is -0.255. The molecule has 1 N–H and O–H groups in total. The standard InChI is InChI=1S/C17H25N3O3/c1-20(2)11-4-12-23-16-13-15(22-3)6-5-14(16)8-10-19-17(21)7-9-18/h5-6,13H,4,7-8,10-12H2,1-3H3,(H,19,21). The summed E-state index contributed by atoms with van der Waals surface area (Å²) >= 11 is 0. The summed E-state index contributed by atoms with van der Waals surface area (Å²) in [6.07, 6.45) is 1.46. The Bertz CT molecular complexity index is 538. The van der Waals surface area contributed by atoms with E-state index in [1.807, 2.05) is 38.4 Å². The zero-order valence-corrected chi connectivity index (χ0v) is 14.1. The van der Waals surface area contributed by atoms with Crippen molar-refractivity contribution < 1.29 is 14.3 Å². The van der Waals surface area contributed by atoms with Crippen LogP contribution in [0.2, 0.25) is 0 Å². The number of benzene rings is 1. The van der Waals surface area contributed by atoms with Gasteiger partial charge in [0.1, 0.15) is 17.9 Å². The molecule has 0 aliphatic carbocycles. The fourth-order valence-electron chi connectivity index (χ4n) is 2.04. The summed E-state index contributed by atoms with van der Waals surface area (Å²) in [5.74, 6) is 1.26. The molecule has 23 heavy (non-hydrogen) atoms. The topological polar surface area (TPSA) is 74.6 Å². The Kier molecular flexibility index (Phi) is 8.55. The average molecular weight is 319 g/mol. The van der Waals surface area contributed by atoms with E-state index in [0.29, 0.717) is 19.6 Å². The number of hydrogen-bond acceptors (Lipinski definition) is 5. The van der Waals surface area contributed by atoms with E-state index < -0.39 is 0 Å². The molecule has 0 saturated carbocycles. The Morgan fingerprint density at radius 3 is 2.83 bits per heavy atom. The van der Waals surface area contributed by atoms with Crippen molar-refractivity contribution in [2.24, 2.45) is 0 Å². The highest BCUT2D eigenvalue weighted by Crippen LogP contribution is 2.25. The molecule has 6 nitrogen and oxygen atoms in total. The number of rotatable bonds is 10. The second kappa shape index (κ2) is 10.5. The molecule has 1 amide bonds. The van der Waals surface area contributed by atoms with Gasteiger partial charge in [0.25, 0.3) is 0 Å². The molecule has 0 aliphatic heterocycles. The molecule has 0 radical (unpaired) electrons. The van der Waals surface area contributed by atoms with Crippen LogP contribution in [0.1, 0.15) is 18.4 Å². The first-order chi connectivity index (χ1) is 11.1. The SMILES string of the molecule is COc1ccc(CCNC(=O)CC#N)c(OCCCN(C)C)c1. The van der Waals surface area contributed by atoms with Gasteiger partial charge in [-0.3, -0.25) is 4.79 Å². The van der Waals surface area contributed by atoms with Gasteiger partial charge in [-0.25, -0.2) is 0 Å². The third-order valence-corrected chi connectivity index (χ3v) is 3.24. The monoisotopic (exact) mass is 319 g/mol. The maximum absolute atomic E-state index is 11.3. The minimum Gasteiger partial charge on any atom is -0.497 e. The van der Waals surface area contributed by atoms with Gasteiger partial charge in [-0.05, 0) is 38.6 Å². The van der Waals surface area contributed by atoms with Gasteiger partial charge in [-0.1, -0.05) is 6.07 Å². The number of nitrogens with zero attached hydrogens (tertiary/aromatic N) is 2. The maximum atomic E-state index is 11.3. The van der Waals surface area contributed by atoms with Crippen LogP contribution in [-0.4, -0.2) is 51.7 Å². The zero-order valence-electron chi connectivity index (χ0n) is 14.1. The summed E-state index contributed by atoms with van der Waals surface area (Å²) in [4.78, 5) is 13.4. The molecular formula is C17H25N3O3. The van der Waals surface area contributed by atoms with Crippen molar-refractivity contribution in [3.05, 3.63) is 23.8 Å². The molecule has 0 saturated heterocycles. The fraction of sp³-hybridized carbons (Fsp3) is 0.529. The van der Waals surface area contributed by atoms with Gasteiger partial charge in [0.15, 0.2) is 0 Å². The molecular weight excluding hydrogens is 294 g/mol. The van der Waals surface area contributed by atoms with Crippen LogP contribution in [0.15, 0.2) is 18.2 Å². The van der Waals surface area contributed by atoms with E-state index >= 15 is 0 Å². The predicted molar refractivity (Wildman–Crippen MR) is 88.6 cm³/mol. The second-order valence-corrected chi connectivity index (χ2v) is 5.41. The van der Waals surface area contributed by atoms with Gasteiger partial charge in [0.05, 0.1) is 19.8 Å². The lowest BCUT2D eigenvalue weighted by molar-refractivity contribution is -0.120. The Labute approximate surface area is 138 Å². The first-order valence-electron chi connectivity index (χ1n) is 7.65. The smallest absolute Gasteiger partial charge is 0.234 e. The lowest BCUT2D eigenvalue weighted by Crippen LogP contribution is -2.25. The average Bonchev–Trinajstić information content (AvgIpc) is 2.52. The minimum absolute atomic E-state index is 0.115. The lowest BCUT2D eigenvalue weighted by atomic mass is 10.1. The maximum Gasteiger partial charge on any atom is 0.234 e. The van der Waals surface area contributed by atoms with Crippen molar-refractivity contribution in [3.8, 4) is 17.6 Å². The highest BCUT2D eigenvalue weighted by molar-refractivity contribution is 5.77. The third kappa shape index (κ3) is 7.52. The van der Waals surface area contributed by atoms with Crippen LogP contribution in [0.3, 0.4) is 0 Å². The summed E-state index contributed by atoms with van der Waals surface area (Å²) in [6.45, 7) is 2.06. The number of nitrogens with one attached hydrogen (secondary N) is 1. The molecule has 0 aromatic heterocycles. The molecule has 126 valence electrons. The Morgan fingerprint density at radius 1 is 1.39 bits per heavy atom. The normalized spacial score (nSPS) is 10.2. The molecule has 0 unspecified atom stereocenters. The van der Waals surface area contributed by atoms with Crippen LogP contribution in [0.4, 0.5) is 0 Å². The quantitative estimate of drug-likeness (QED) is 0.663. The fourth-order valence-corrected chi connectivity index (χ4v) is 2.04. The van der Waals surface area contributed by atoms with E-state index in [1.54, 1.807) is 7.11 Å². The van der Waals surface area contributed by atoms with E-state index in [1.165, 1.54) is 0 Å². The van der Waals surface area contributed by atoms with E-state index in [9.17, 15) is 4.79 Å². The van der Waals surface area contributed by atoms with Crippen LogP contribution in [-0.2, 0) is 11.2 Å². The third-order valence-electron chi connectivity index (χ3n) is 3.24. The molecule has 0 heterocycles. The van der Waals surface area contributed by atoms with Crippen LogP contribution >= 0.6 is 0 Å². The van der Waals surface area contributed by atoms with E-state index in [-0.39, 0.29) is 12.3 Å². The van der Waals surface area contributed by atoms with Crippen LogP contribution in [0.5, 0.6) is 11.5 Å². The molecule has 6 heteroatoms. The van der Waals surface area contributed by atoms with Gasteiger partial charge in [0.2, 0.25) is 5.91 Å². The summed E-state index contributed by atoms with van der Waals surface area (Å²) in [5.41, 5.74) is 1.01. The van der Waals surface area contributed by atoms with Crippen molar-refractivity contribution >= 4 is 5.91 Å². The van der Waals surface area contributed by atoms with Gasteiger partial charge < -0.3 is 19.7 Å². The van der Waals surface area contributed by atoms with Gasteiger partial charge in [-0.2, -0.15) is 5.26 Å². The van der Waals surface area contributed by atoms with Crippen molar-refractivity contribution in [3.63, 3.8) is 0 Å². The molecule has 0 spiro atoms. The summed E-state index contributed by atoms with van der Waals surface area (Å²) < 4.78 is 11.1. The first-order valence-corrected chi connectivity index (χ1v) is 7.65. The molecule has 1 aromatic rings. The zero-order chi connectivity index (χ0) is 17.1. The van der Waals surface area contributed by atoms with E-state index in [0.717, 1.165) is 30.0 Å². The van der Waals surface area contributed by atoms with Crippen molar-refractivity contribution in [1.29, 1.82) is 5.26 Å². The number of carbonyl (C=O) groups excluding carboxylic acids is 1. The largest absolute Gasteiger partial charge is 0.497 e. The Morgan fingerprint density at radius 2 is 2.17 bits per heavy atom. The van der Waals surface area contributed by atoms with Crippen LogP contribution in [0, 0.1) is 11.3 Å². The lowest BCUT2D eigenvalue weighted by Gasteiger charge is -2.14. The highest BCUT2D eigenvalue weighted by atomic mass is 16.5. The van der Waals surface area contributed by atoms with Crippen LogP contribution in [0.25, 0.3) is 0 Å². The number of hydrogen-bond donors (Lipinski definition) is 1. The number of amides is 1. The number of nitriles is 1. The summed E-state index contributed by atoms with van der Waals surface area (Å²) in [7, 11) is 5.68. The number of carbonyl (C=O) groups is 1. The Hall–Kier alpha value is -2.26. The molecule has 1 rings (SSSR count). The van der Waals surface area contributed by atoms with Crippen LogP contribution < -0.4 is 14.8 Å². The first kappa shape index (κ1) is 18.8. The predicted octanol–water partition coefficient (Wildman–Crippen LogP) is 1.60. The molecule has 0 aliphatic rings. The second-order valence-electron chi connectivity index (χ2n) is 5.41. The Balaban J connectivity index is 2.59. The van der Waals surface area contributed by atoms with Gasteiger partial charge in [0, 0.05) is 19.2 Å². The highest BCUT2D eigenvalue weighted by Gasteiger charge is 2.07. The van der Waals surface area contributed by atoms with Crippen molar-refractivity contribution in [2.45, 2.75) is 19.3 Å². The van der Waals surface area contributed by atoms with E-state index in [4.69, 9.17) is 14.7 Å². The molecule has 0 bridgehead atoms. The van der Waals surface area contributed by atoms with Gasteiger partial charge >= 0.3 is 0 Å². The van der Waals surface area contributed by atoms with Crippen molar-refractivity contribution in [2.75, 3.05) is 40.9 Å². The number of ether oxygens (including phenoxy) is 2. The summed E-state index contributed by atoms with van der Waals surface area (Å²) in [6, 6.07) is 7.51. The van der Waals surface area contributed by atoms with Gasteiger partial charge in [-0.15, -0.1) is 0 Å². The molecule has 0 atom stereocenters. The number of methoxy groups -OCH3 is 1. The summed E-state index contributed by atoms with van der Waals surface area (Å²) in [5, 5.41) is 11.2. The molecule has 1 aromatic carbocycles. The molecule has 0 fully saturated rings. The van der Waals surface area contributed by atoms with E-state index in [2.05, 4.69) is 10.2 Å².